The zero-order valence-electron chi connectivity index (χ0n) is 12.6. The van der Waals surface area contributed by atoms with Gasteiger partial charge in [-0.25, -0.2) is 18.5 Å². The maximum Gasteiger partial charge on any atom is 0.238 e. The molecule has 3 rings (SSSR count). The molecule has 7 nitrogen and oxygen atoms in total. The number of benzene rings is 2. The number of nitrogens with two attached hydrogens (primary N) is 1. The Hall–Kier alpha value is -2.68. The summed E-state index contributed by atoms with van der Waals surface area (Å²) >= 11 is 5.90. The third-order valence-electron chi connectivity index (χ3n) is 3.30. The van der Waals surface area contributed by atoms with Crippen molar-refractivity contribution in [3.05, 3.63) is 59.6 Å². The molecule has 0 aliphatic heterocycles. The van der Waals surface area contributed by atoms with Gasteiger partial charge >= 0.3 is 0 Å². The van der Waals surface area contributed by atoms with Crippen molar-refractivity contribution in [2.75, 3.05) is 5.32 Å². The second kappa shape index (κ2) is 6.67. The van der Waals surface area contributed by atoms with Gasteiger partial charge in [0.25, 0.3) is 0 Å². The van der Waals surface area contributed by atoms with Crippen LogP contribution in [-0.2, 0) is 14.8 Å². The van der Waals surface area contributed by atoms with E-state index >= 15 is 0 Å². The van der Waals surface area contributed by atoms with Crippen LogP contribution in [0.4, 0.5) is 5.69 Å². The van der Waals surface area contributed by atoms with E-state index in [1.165, 1.54) is 30.5 Å². The van der Waals surface area contributed by atoms with E-state index < -0.39 is 10.0 Å². The lowest BCUT2D eigenvalue weighted by Crippen LogP contribution is -2.11. The smallest absolute Gasteiger partial charge is 0.238 e. The summed E-state index contributed by atoms with van der Waals surface area (Å²) in [4.78, 5) is 15.5. The van der Waals surface area contributed by atoms with Crippen LogP contribution in [0.1, 0.15) is 5.89 Å². The normalized spacial score (nSPS) is 12.3. The third kappa shape index (κ3) is 3.87. The zero-order valence-corrected chi connectivity index (χ0v) is 14.2. The van der Waals surface area contributed by atoms with Crippen LogP contribution in [0.5, 0.6) is 0 Å². The van der Waals surface area contributed by atoms with Gasteiger partial charge in [0.05, 0.1) is 10.5 Å². The van der Waals surface area contributed by atoms with Crippen LogP contribution in [-0.4, -0.2) is 19.7 Å². The third-order valence-corrected chi connectivity index (χ3v) is 4.47. The second-order valence-electron chi connectivity index (χ2n) is 5.06. The van der Waals surface area contributed by atoms with E-state index in [1.807, 2.05) is 0 Å². The second-order valence-corrected chi connectivity index (χ2v) is 7.06. The number of halogens is 1. The van der Waals surface area contributed by atoms with Crippen LogP contribution in [0.15, 0.2) is 58.0 Å². The van der Waals surface area contributed by atoms with Crippen LogP contribution in [0.2, 0.25) is 5.02 Å². The predicted molar refractivity (Wildman–Crippen MR) is 94.5 cm³/mol. The van der Waals surface area contributed by atoms with Gasteiger partial charge in [-0.05, 0) is 42.5 Å². The number of nitrogens with one attached hydrogen (secondary N) is 1. The number of hydrogen-bond acceptors (Lipinski definition) is 6. The van der Waals surface area contributed by atoms with Crippen molar-refractivity contribution in [3.63, 3.8) is 0 Å². The Morgan fingerprint density at radius 2 is 1.92 bits per heavy atom. The predicted octanol–water partition coefficient (Wildman–Crippen LogP) is 2.78. The molecule has 0 atom stereocenters. The molecular weight excluding hydrogens is 366 g/mol. The van der Waals surface area contributed by atoms with Crippen molar-refractivity contribution in [1.29, 1.82) is 0 Å². The molecule has 2 aromatic carbocycles. The molecule has 1 heterocycles. The minimum atomic E-state index is -3.75. The number of rotatable bonds is 5. The van der Waals surface area contributed by atoms with Crippen molar-refractivity contribution in [2.24, 2.45) is 5.14 Å². The minimum Gasteiger partial charge on any atom is -0.436 e. The molecule has 0 radical (unpaired) electrons. The van der Waals surface area contributed by atoms with E-state index in [-0.39, 0.29) is 16.4 Å². The summed E-state index contributed by atoms with van der Waals surface area (Å²) in [6.07, 6.45) is 2.00. The summed E-state index contributed by atoms with van der Waals surface area (Å²) in [7, 11) is -3.75. The maximum atomic E-state index is 11.3. The number of sulfonamides is 1. The Morgan fingerprint density at radius 3 is 2.56 bits per heavy atom. The summed E-state index contributed by atoms with van der Waals surface area (Å²) in [6, 6.07) is 10.7. The molecule has 0 saturated heterocycles. The molecule has 0 amide bonds. The zero-order chi connectivity index (χ0) is 18.0. The van der Waals surface area contributed by atoms with Gasteiger partial charge < -0.3 is 9.73 Å². The highest BCUT2D eigenvalue weighted by Gasteiger charge is 2.11. The lowest BCUT2D eigenvalue weighted by atomic mass is 10.3. The number of fused-ring (bicyclic) bond motifs is 1. The molecule has 0 unspecified atom stereocenters. The average Bonchev–Trinajstić information content (AvgIpc) is 2.98. The van der Waals surface area contributed by atoms with Gasteiger partial charge in [0.1, 0.15) is 5.52 Å². The quantitative estimate of drug-likeness (QED) is 0.521. The number of nitrogens with zero attached hydrogens (tertiary/aromatic N) is 1. The van der Waals surface area contributed by atoms with Crippen LogP contribution >= 0.6 is 11.6 Å². The number of primary sulfonamides is 1. The van der Waals surface area contributed by atoms with E-state index in [1.54, 1.807) is 18.2 Å². The molecule has 3 N–H and O–H groups in total. The first-order valence-electron chi connectivity index (χ1n) is 6.98. The lowest BCUT2D eigenvalue weighted by molar-refractivity contribution is -0.103. The van der Waals surface area contributed by atoms with Crippen molar-refractivity contribution in [2.45, 2.75) is 4.90 Å². The Balaban J connectivity index is 1.85. The van der Waals surface area contributed by atoms with Crippen molar-refractivity contribution < 1.29 is 17.6 Å². The molecule has 0 spiro atoms. The van der Waals surface area contributed by atoms with Gasteiger partial charge in [0.2, 0.25) is 15.9 Å². The van der Waals surface area contributed by atoms with Gasteiger partial charge in [0, 0.05) is 16.9 Å². The average molecular weight is 378 g/mol. The molecule has 0 aliphatic rings. The van der Waals surface area contributed by atoms with Crippen LogP contribution in [0.25, 0.3) is 16.7 Å². The molecule has 0 aliphatic carbocycles. The van der Waals surface area contributed by atoms with E-state index in [2.05, 4.69) is 10.3 Å². The fourth-order valence-corrected chi connectivity index (χ4v) is 2.75. The largest absolute Gasteiger partial charge is 0.436 e. The molecule has 0 fully saturated rings. The standard InChI is InChI=1S/C16H12ClN3O4S/c17-11-1-6-15-14(7-11)20-16(24-15)10(9-21)8-19-12-2-4-13(5-3-12)25(18,22)23/h1-9,19H,(H2,18,22,23)/b10-8+. The summed E-state index contributed by atoms with van der Waals surface area (Å²) in [5, 5.41) is 8.42. The first-order chi connectivity index (χ1) is 11.9. The molecule has 0 saturated carbocycles. The van der Waals surface area contributed by atoms with Crippen LogP contribution in [0, 0.1) is 0 Å². The fraction of sp³-hybridized carbons (Fsp3) is 0. The van der Waals surface area contributed by atoms with Gasteiger partial charge in [-0.3, -0.25) is 4.79 Å². The molecule has 3 aromatic rings. The van der Waals surface area contributed by atoms with Gasteiger partial charge in [-0.2, -0.15) is 0 Å². The van der Waals surface area contributed by atoms with Gasteiger partial charge in [0.15, 0.2) is 11.9 Å². The molecular formula is C16H12ClN3O4S. The van der Waals surface area contributed by atoms with Crippen molar-refractivity contribution in [3.8, 4) is 0 Å². The first kappa shape index (κ1) is 17.2. The van der Waals surface area contributed by atoms with E-state index in [0.717, 1.165) is 0 Å². The Morgan fingerprint density at radius 1 is 1.20 bits per heavy atom. The lowest BCUT2D eigenvalue weighted by Gasteiger charge is -2.03. The summed E-state index contributed by atoms with van der Waals surface area (Å²) in [6.45, 7) is 0. The summed E-state index contributed by atoms with van der Waals surface area (Å²) in [5.74, 6) is 0.140. The number of allylic oxidation sites excluding steroid dienone is 1. The SMILES string of the molecule is NS(=O)(=O)c1ccc(N/C=C(\C=O)c2nc3cc(Cl)ccc3o2)cc1. The molecule has 1 aromatic heterocycles. The van der Waals surface area contributed by atoms with Crippen LogP contribution in [0.3, 0.4) is 0 Å². The highest BCUT2D eigenvalue weighted by atomic mass is 35.5. The number of carbonyl (C=O) groups excluding carboxylic acids is 1. The molecule has 0 bridgehead atoms. The fourth-order valence-electron chi connectivity index (χ4n) is 2.07. The number of carbonyl (C=O) groups is 1. The molecule has 25 heavy (non-hydrogen) atoms. The van der Waals surface area contributed by atoms with Gasteiger partial charge in [-0.1, -0.05) is 11.6 Å². The Bertz CT molecular complexity index is 1070. The van der Waals surface area contributed by atoms with Crippen LogP contribution < -0.4 is 10.5 Å². The topological polar surface area (TPSA) is 115 Å². The van der Waals surface area contributed by atoms with Gasteiger partial charge in [-0.15, -0.1) is 0 Å². The van der Waals surface area contributed by atoms with E-state index in [0.29, 0.717) is 28.1 Å². The Kier molecular flexibility index (Phi) is 4.58. The number of hydrogen-bond donors (Lipinski definition) is 2. The highest BCUT2D eigenvalue weighted by molar-refractivity contribution is 7.89. The highest BCUT2D eigenvalue weighted by Crippen LogP contribution is 2.23. The number of anilines is 1. The Labute approximate surface area is 148 Å². The summed E-state index contributed by atoms with van der Waals surface area (Å²) in [5.41, 5.74) is 1.78. The number of oxazole rings is 1. The van der Waals surface area contributed by atoms with E-state index in [9.17, 15) is 13.2 Å². The van der Waals surface area contributed by atoms with E-state index in [4.69, 9.17) is 21.2 Å². The number of aromatic nitrogens is 1. The molecule has 128 valence electrons. The minimum absolute atomic E-state index is 0.00605. The first-order valence-corrected chi connectivity index (χ1v) is 8.90. The maximum absolute atomic E-state index is 11.3. The molecule has 9 heteroatoms. The van der Waals surface area contributed by atoms with Crippen molar-refractivity contribution >= 4 is 50.3 Å². The monoisotopic (exact) mass is 377 g/mol. The van der Waals surface area contributed by atoms with Crippen molar-refractivity contribution in [1.82, 2.24) is 4.98 Å². The summed E-state index contributed by atoms with van der Waals surface area (Å²) < 4.78 is 28.0. The number of aldehydes is 1.